The largest absolute Gasteiger partial charge is 0.455 e. The predicted octanol–water partition coefficient (Wildman–Crippen LogP) is 13.0. The van der Waals surface area contributed by atoms with E-state index in [1.54, 1.807) is 0 Å². The summed E-state index contributed by atoms with van der Waals surface area (Å²) in [4.78, 5) is 0. The fourth-order valence-electron chi connectivity index (χ4n) is 7.96. The molecule has 0 radical (unpaired) electrons. The molecule has 3 heterocycles. The molecule has 8 aromatic carbocycles. The minimum absolute atomic E-state index is 0.921. The summed E-state index contributed by atoms with van der Waals surface area (Å²) in [5.74, 6) is 0. The van der Waals surface area contributed by atoms with Gasteiger partial charge in [0.05, 0.1) is 11.0 Å². The number of hydrogen-bond acceptors (Lipinski definition) is 2. The Kier molecular flexibility index (Phi) is 5.02. The second-order valence-corrected chi connectivity index (χ2v) is 13.5. The summed E-state index contributed by atoms with van der Waals surface area (Å²) in [6.07, 6.45) is 0. The number of fused-ring (bicyclic) bond motifs is 14. The smallest absolute Gasteiger partial charge is 0.143 e. The van der Waals surface area contributed by atoms with Gasteiger partial charge in [0, 0.05) is 53.0 Å². The number of para-hydroxylation sites is 3. The van der Waals surface area contributed by atoms with Gasteiger partial charge in [0.25, 0.3) is 0 Å². The molecule has 2 nitrogen and oxygen atoms in total. The Morgan fingerprint density at radius 1 is 0.404 bits per heavy atom. The average molecular weight is 616 g/mol. The molecule has 11 aromatic rings. The van der Waals surface area contributed by atoms with Gasteiger partial charge in [-0.1, -0.05) is 109 Å². The molecule has 0 spiro atoms. The summed E-state index contributed by atoms with van der Waals surface area (Å²) in [6.45, 7) is 0. The van der Waals surface area contributed by atoms with Crippen molar-refractivity contribution in [3.05, 3.63) is 152 Å². The van der Waals surface area contributed by atoms with E-state index in [-0.39, 0.29) is 0 Å². The maximum absolute atomic E-state index is 6.36. The van der Waals surface area contributed by atoms with E-state index in [2.05, 4.69) is 144 Å². The lowest BCUT2D eigenvalue weighted by Gasteiger charge is -2.11. The maximum Gasteiger partial charge on any atom is 0.143 e. The molecular weight excluding hydrogens is 591 g/mol. The van der Waals surface area contributed by atoms with Crippen LogP contribution in [0.25, 0.3) is 102 Å². The zero-order chi connectivity index (χ0) is 30.6. The highest BCUT2D eigenvalue weighted by molar-refractivity contribution is 7.26. The minimum Gasteiger partial charge on any atom is -0.455 e. The van der Waals surface area contributed by atoms with E-state index < -0.39 is 0 Å². The lowest BCUT2D eigenvalue weighted by Crippen LogP contribution is -1.93. The molecule has 0 saturated carbocycles. The van der Waals surface area contributed by atoms with Crippen LogP contribution in [0, 0.1) is 0 Å². The topological polar surface area (TPSA) is 18.1 Å². The molecule has 3 aromatic heterocycles. The molecule has 3 heteroatoms. The molecule has 0 bridgehead atoms. The molecule has 218 valence electrons. The Morgan fingerprint density at radius 3 is 1.96 bits per heavy atom. The van der Waals surface area contributed by atoms with Gasteiger partial charge in [-0.3, -0.25) is 0 Å². The quantitative estimate of drug-likeness (QED) is 0.177. The Balaban J connectivity index is 1.12. The number of aromatic nitrogens is 1. The van der Waals surface area contributed by atoms with Gasteiger partial charge in [0.2, 0.25) is 0 Å². The fraction of sp³-hybridized carbons (Fsp3) is 0. The van der Waals surface area contributed by atoms with Crippen LogP contribution in [0.3, 0.4) is 0 Å². The van der Waals surface area contributed by atoms with Crippen molar-refractivity contribution in [3.8, 4) is 16.8 Å². The summed E-state index contributed by atoms with van der Waals surface area (Å²) in [7, 11) is 0. The van der Waals surface area contributed by atoms with E-state index in [1.165, 1.54) is 63.5 Å². The number of furan rings is 1. The molecular formula is C44H25NOS. The Labute approximate surface area is 273 Å². The van der Waals surface area contributed by atoms with Crippen molar-refractivity contribution in [1.29, 1.82) is 0 Å². The molecule has 47 heavy (non-hydrogen) atoms. The fourth-order valence-corrected chi connectivity index (χ4v) is 9.08. The first-order chi connectivity index (χ1) is 23.3. The van der Waals surface area contributed by atoms with Crippen molar-refractivity contribution >= 4 is 96.8 Å². The van der Waals surface area contributed by atoms with Gasteiger partial charge in [-0.15, -0.1) is 11.3 Å². The van der Waals surface area contributed by atoms with Crippen LogP contribution in [0.5, 0.6) is 0 Å². The van der Waals surface area contributed by atoms with Gasteiger partial charge in [-0.25, -0.2) is 0 Å². The van der Waals surface area contributed by atoms with Gasteiger partial charge in [-0.2, -0.15) is 0 Å². The summed E-state index contributed by atoms with van der Waals surface area (Å²) >= 11 is 1.88. The molecule has 11 rings (SSSR count). The van der Waals surface area contributed by atoms with Crippen LogP contribution in [0.4, 0.5) is 0 Å². The van der Waals surface area contributed by atoms with E-state index in [1.807, 2.05) is 23.5 Å². The Morgan fingerprint density at radius 2 is 1.09 bits per heavy atom. The zero-order valence-corrected chi connectivity index (χ0v) is 26.0. The summed E-state index contributed by atoms with van der Waals surface area (Å²) in [5.41, 5.74) is 7.67. The van der Waals surface area contributed by atoms with Crippen molar-refractivity contribution in [2.24, 2.45) is 0 Å². The first kappa shape index (κ1) is 25.3. The van der Waals surface area contributed by atoms with Crippen LogP contribution < -0.4 is 0 Å². The normalized spacial score (nSPS) is 12.3. The molecule has 0 aliphatic carbocycles. The van der Waals surface area contributed by atoms with Crippen molar-refractivity contribution in [1.82, 2.24) is 4.57 Å². The number of nitrogens with zero attached hydrogens (tertiary/aromatic N) is 1. The lowest BCUT2D eigenvalue weighted by molar-refractivity contribution is 0.670. The molecule has 0 amide bonds. The SMILES string of the molecule is c1ccc2c(c1)oc1c(-c3ccc(-n4c5ccccc5c5c6ccc7c(ccc8sc9ccccc9c87)c6ccc54)cc3)cccc12. The highest BCUT2D eigenvalue weighted by Crippen LogP contribution is 2.44. The van der Waals surface area contributed by atoms with Crippen LogP contribution in [-0.2, 0) is 0 Å². The number of thiophene rings is 1. The van der Waals surface area contributed by atoms with Crippen molar-refractivity contribution < 1.29 is 4.42 Å². The van der Waals surface area contributed by atoms with Crippen LogP contribution in [0.2, 0.25) is 0 Å². The van der Waals surface area contributed by atoms with E-state index in [9.17, 15) is 0 Å². The van der Waals surface area contributed by atoms with Crippen LogP contribution in [-0.4, -0.2) is 4.57 Å². The van der Waals surface area contributed by atoms with Crippen molar-refractivity contribution in [2.45, 2.75) is 0 Å². The zero-order valence-electron chi connectivity index (χ0n) is 25.2. The molecule has 0 saturated heterocycles. The standard InChI is InChI=1S/C44H25NOS/c1-4-13-37-35(9-1)42-32-20-21-33-30(23-25-41-43(33)36-10-3-6-15-40(36)47-41)29(32)22-24-38(42)45(37)27-18-16-26(17-19-27)28-11-7-12-34-31-8-2-5-14-39(31)46-44(28)34/h1-25H. The summed E-state index contributed by atoms with van der Waals surface area (Å²) in [5, 5.41) is 12.8. The van der Waals surface area contributed by atoms with Gasteiger partial charge < -0.3 is 8.98 Å². The Bertz CT molecular complexity index is 3060. The number of benzene rings is 8. The molecule has 0 atom stereocenters. The monoisotopic (exact) mass is 615 g/mol. The van der Waals surface area contributed by atoms with Gasteiger partial charge in [-0.05, 0) is 69.6 Å². The van der Waals surface area contributed by atoms with E-state index in [4.69, 9.17) is 4.42 Å². The van der Waals surface area contributed by atoms with Gasteiger partial charge >= 0.3 is 0 Å². The third-order valence-corrected chi connectivity index (χ3v) is 11.1. The van der Waals surface area contributed by atoms with E-state index in [0.717, 1.165) is 38.8 Å². The minimum atomic E-state index is 0.921. The highest BCUT2D eigenvalue weighted by Gasteiger charge is 2.18. The first-order valence-corrected chi connectivity index (χ1v) is 16.8. The number of hydrogen-bond donors (Lipinski definition) is 0. The van der Waals surface area contributed by atoms with Crippen LogP contribution >= 0.6 is 11.3 Å². The molecule has 0 fully saturated rings. The van der Waals surface area contributed by atoms with E-state index >= 15 is 0 Å². The second-order valence-electron chi connectivity index (χ2n) is 12.4. The summed E-state index contributed by atoms with van der Waals surface area (Å²) in [6, 6.07) is 55.2. The van der Waals surface area contributed by atoms with Crippen LogP contribution in [0.15, 0.2) is 156 Å². The van der Waals surface area contributed by atoms with Crippen molar-refractivity contribution in [3.63, 3.8) is 0 Å². The van der Waals surface area contributed by atoms with Crippen LogP contribution in [0.1, 0.15) is 0 Å². The molecule has 0 aliphatic rings. The second kappa shape index (κ2) is 9.32. The number of rotatable bonds is 2. The molecule has 0 aliphatic heterocycles. The van der Waals surface area contributed by atoms with Gasteiger partial charge in [0.15, 0.2) is 0 Å². The van der Waals surface area contributed by atoms with E-state index in [0.29, 0.717) is 0 Å². The molecule has 0 unspecified atom stereocenters. The third-order valence-electron chi connectivity index (χ3n) is 10.0. The van der Waals surface area contributed by atoms with Gasteiger partial charge in [0.1, 0.15) is 11.2 Å². The first-order valence-electron chi connectivity index (χ1n) is 16.0. The Hall–Kier alpha value is -5.90. The highest BCUT2D eigenvalue weighted by atomic mass is 32.1. The van der Waals surface area contributed by atoms with Crippen molar-refractivity contribution in [2.75, 3.05) is 0 Å². The molecule has 0 N–H and O–H groups in total. The summed E-state index contributed by atoms with van der Waals surface area (Å²) < 4.78 is 11.5. The lowest BCUT2D eigenvalue weighted by atomic mass is 9.96. The maximum atomic E-state index is 6.36. The predicted molar refractivity (Wildman–Crippen MR) is 201 cm³/mol. The third kappa shape index (κ3) is 3.44. The average Bonchev–Trinajstić information content (AvgIpc) is 3.81.